The molecule has 2 aliphatic rings. The molecule has 2 N–H and O–H groups in total. The SMILES string of the molecule is COc1cc(CN2CCCC(C(=O)N3CCc4ccccc4C3)C2)ccc1OCc1ccccc1.O=C(O)C(=O)O. The van der Waals surface area contributed by atoms with Crippen LogP contribution in [0.15, 0.2) is 72.8 Å². The lowest BCUT2D eigenvalue weighted by atomic mass is 9.93. The highest BCUT2D eigenvalue weighted by atomic mass is 16.5. The van der Waals surface area contributed by atoms with Gasteiger partial charge < -0.3 is 24.6 Å². The van der Waals surface area contributed by atoms with Gasteiger partial charge in [0, 0.05) is 26.2 Å². The molecule has 216 valence electrons. The molecule has 3 aromatic rings. The van der Waals surface area contributed by atoms with E-state index in [0.29, 0.717) is 12.5 Å². The Bertz CT molecular complexity index is 1330. The van der Waals surface area contributed by atoms with Gasteiger partial charge >= 0.3 is 11.9 Å². The number of rotatable bonds is 7. The summed E-state index contributed by atoms with van der Waals surface area (Å²) in [6.07, 6.45) is 2.98. The number of carbonyl (C=O) groups is 3. The summed E-state index contributed by atoms with van der Waals surface area (Å²) in [6, 6.07) is 24.8. The van der Waals surface area contributed by atoms with Crippen LogP contribution < -0.4 is 9.47 Å². The number of benzene rings is 3. The van der Waals surface area contributed by atoms with Crippen molar-refractivity contribution < 1.29 is 34.1 Å². The number of methoxy groups -OCH3 is 1. The van der Waals surface area contributed by atoms with E-state index < -0.39 is 11.9 Å². The molecule has 0 radical (unpaired) electrons. The van der Waals surface area contributed by atoms with Crippen molar-refractivity contribution in [2.75, 3.05) is 26.7 Å². The number of aliphatic carboxylic acids is 2. The van der Waals surface area contributed by atoms with Crippen LogP contribution in [0.25, 0.3) is 0 Å². The Morgan fingerprint density at radius 2 is 1.56 bits per heavy atom. The smallest absolute Gasteiger partial charge is 0.414 e. The highest BCUT2D eigenvalue weighted by molar-refractivity contribution is 6.27. The van der Waals surface area contributed by atoms with Gasteiger partial charge in [-0.3, -0.25) is 9.69 Å². The van der Waals surface area contributed by atoms with Crippen LogP contribution in [0, 0.1) is 5.92 Å². The summed E-state index contributed by atoms with van der Waals surface area (Å²) in [6.45, 7) is 4.71. The molecule has 0 spiro atoms. The number of hydrogen-bond donors (Lipinski definition) is 2. The van der Waals surface area contributed by atoms with Crippen molar-refractivity contribution in [2.45, 2.75) is 39.0 Å². The van der Waals surface area contributed by atoms with Crippen LogP contribution in [-0.2, 0) is 40.5 Å². The van der Waals surface area contributed by atoms with Gasteiger partial charge in [0.1, 0.15) is 6.61 Å². The van der Waals surface area contributed by atoms with E-state index in [1.54, 1.807) is 7.11 Å². The molecule has 9 heteroatoms. The van der Waals surface area contributed by atoms with Crippen LogP contribution in [0.5, 0.6) is 11.5 Å². The summed E-state index contributed by atoms with van der Waals surface area (Å²) < 4.78 is 11.6. The number of fused-ring (bicyclic) bond motifs is 1. The molecule has 1 fully saturated rings. The van der Waals surface area contributed by atoms with Gasteiger partial charge in [-0.15, -0.1) is 0 Å². The van der Waals surface area contributed by atoms with Crippen molar-refractivity contribution in [2.24, 2.45) is 5.92 Å². The number of carboxylic acids is 2. The molecule has 1 amide bonds. The van der Waals surface area contributed by atoms with E-state index in [1.807, 2.05) is 24.3 Å². The first-order valence-electron chi connectivity index (χ1n) is 13.7. The first-order chi connectivity index (χ1) is 19.8. The molecule has 3 aromatic carbocycles. The predicted octanol–water partition coefficient (Wildman–Crippen LogP) is 4.23. The zero-order valence-electron chi connectivity index (χ0n) is 23.2. The van der Waals surface area contributed by atoms with Gasteiger partial charge in [0.2, 0.25) is 5.91 Å². The molecule has 5 rings (SSSR count). The van der Waals surface area contributed by atoms with E-state index in [4.69, 9.17) is 29.3 Å². The van der Waals surface area contributed by atoms with Gasteiger partial charge in [-0.1, -0.05) is 60.7 Å². The zero-order chi connectivity index (χ0) is 29.2. The van der Waals surface area contributed by atoms with Crippen molar-refractivity contribution in [3.8, 4) is 11.5 Å². The van der Waals surface area contributed by atoms with E-state index in [0.717, 1.165) is 69.0 Å². The number of likely N-dealkylation sites (tertiary alicyclic amines) is 1. The van der Waals surface area contributed by atoms with Gasteiger partial charge in [0.05, 0.1) is 13.0 Å². The Kier molecular flexibility index (Phi) is 10.3. The Labute approximate surface area is 239 Å². The third-order valence-corrected chi connectivity index (χ3v) is 7.35. The molecule has 2 heterocycles. The first-order valence-corrected chi connectivity index (χ1v) is 13.7. The topological polar surface area (TPSA) is 117 Å². The van der Waals surface area contributed by atoms with Crippen LogP contribution in [0.4, 0.5) is 0 Å². The molecule has 9 nitrogen and oxygen atoms in total. The molecular weight excluding hydrogens is 524 g/mol. The Morgan fingerprint density at radius 3 is 2.27 bits per heavy atom. The second-order valence-electron chi connectivity index (χ2n) is 10.2. The van der Waals surface area contributed by atoms with Crippen molar-refractivity contribution >= 4 is 17.8 Å². The summed E-state index contributed by atoms with van der Waals surface area (Å²) in [5.74, 6) is -1.77. The van der Waals surface area contributed by atoms with Gasteiger partial charge in [-0.05, 0) is 60.2 Å². The van der Waals surface area contributed by atoms with E-state index in [9.17, 15) is 4.79 Å². The first kappa shape index (κ1) is 29.6. The third kappa shape index (κ3) is 8.31. The maximum absolute atomic E-state index is 13.4. The Morgan fingerprint density at radius 1 is 0.854 bits per heavy atom. The highest BCUT2D eigenvalue weighted by Crippen LogP contribution is 2.30. The predicted molar refractivity (Wildman–Crippen MR) is 153 cm³/mol. The van der Waals surface area contributed by atoms with E-state index in [1.165, 1.54) is 16.7 Å². The largest absolute Gasteiger partial charge is 0.493 e. The molecule has 41 heavy (non-hydrogen) atoms. The average Bonchev–Trinajstić information content (AvgIpc) is 3.00. The van der Waals surface area contributed by atoms with Gasteiger partial charge in [-0.25, -0.2) is 9.59 Å². The average molecular weight is 561 g/mol. The maximum Gasteiger partial charge on any atom is 0.414 e. The minimum atomic E-state index is -1.82. The van der Waals surface area contributed by atoms with Crippen LogP contribution >= 0.6 is 0 Å². The summed E-state index contributed by atoms with van der Waals surface area (Å²) in [5, 5.41) is 14.8. The highest BCUT2D eigenvalue weighted by Gasteiger charge is 2.31. The molecule has 0 saturated carbocycles. The van der Waals surface area contributed by atoms with Crippen molar-refractivity contribution in [1.82, 2.24) is 9.80 Å². The fourth-order valence-electron chi connectivity index (χ4n) is 5.27. The second-order valence-corrected chi connectivity index (χ2v) is 10.2. The number of hydrogen-bond acceptors (Lipinski definition) is 6. The van der Waals surface area contributed by atoms with Gasteiger partial charge in [0.15, 0.2) is 11.5 Å². The monoisotopic (exact) mass is 560 g/mol. The fourth-order valence-corrected chi connectivity index (χ4v) is 5.27. The molecular formula is C32H36N2O7. The number of piperidine rings is 1. The van der Waals surface area contributed by atoms with Crippen molar-refractivity contribution in [3.63, 3.8) is 0 Å². The maximum atomic E-state index is 13.4. The fraction of sp³-hybridized carbons (Fsp3) is 0.344. The van der Waals surface area contributed by atoms with Gasteiger partial charge in [0.25, 0.3) is 0 Å². The summed E-state index contributed by atoms with van der Waals surface area (Å²) in [4.78, 5) is 36.0. The van der Waals surface area contributed by atoms with Crippen molar-refractivity contribution in [3.05, 3.63) is 95.1 Å². The van der Waals surface area contributed by atoms with Gasteiger partial charge in [-0.2, -0.15) is 0 Å². The quantitative estimate of drug-likeness (QED) is 0.413. The molecule has 2 aliphatic heterocycles. The Balaban J connectivity index is 0.000000585. The number of carbonyl (C=O) groups excluding carboxylic acids is 1. The van der Waals surface area contributed by atoms with Crippen molar-refractivity contribution in [1.29, 1.82) is 0 Å². The normalized spacial score (nSPS) is 16.5. The van der Waals surface area contributed by atoms with Crippen LogP contribution in [0.1, 0.15) is 35.1 Å². The summed E-state index contributed by atoms with van der Waals surface area (Å²) >= 11 is 0. The van der Waals surface area contributed by atoms with E-state index in [2.05, 4.69) is 58.3 Å². The van der Waals surface area contributed by atoms with Crippen LogP contribution in [0.3, 0.4) is 0 Å². The lowest BCUT2D eigenvalue weighted by Gasteiger charge is -2.36. The number of ether oxygens (including phenoxy) is 2. The lowest BCUT2D eigenvalue weighted by molar-refractivity contribution is -0.159. The summed E-state index contributed by atoms with van der Waals surface area (Å²) in [5.41, 5.74) is 4.97. The van der Waals surface area contributed by atoms with E-state index in [-0.39, 0.29) is 5.92 Å². The molecule has 1 saturated heterocycles. The molecule has 0 aliphatic carbocycles. The second kappa shape index (κ2) is 14.3. The third-order valence-electron chi connectivity index (χ3n) is 7.35. The minimum absolute atomic E-state index is 0.0735. The molecule has 0 aromatic heterocycles. The Hall–Kier alpha value is -4.37. The number of nitrogens with zero attached hydrogens (tertiary/aromatic N) is 2. The van der Waals surface area contributed by atoms with Crippen LogP contribution in [0.2, 0.25) is 0 Å². The van der Waals surface area contributed by atoms with Crippen LogP contribution in [-0.4, -0.2) is 64.6 Å². The lowest BCUT2D eigenvalue weighted by Crippen LogP contribution is -2.46. The summed E-state index contributed by atoms with van der Waals surface area (Å²) in [7, 11) is 1.68. The molecule has 1 atom stereocenters. The standard InChI is InChI=1S/C30H34N2O3.C2H2O4/c1-34-29-18-24(13-14-28(29)35-22-23-8-3-2-4-9-23)19-31-16-7-12-27(20-31)30(33)32-17-15-25-10-5-6-11-26(25)21-32;3-1(4)2(5)6/h2-6,8-11,13-14,18,27H,7,12,15-17,19-22H2,1H3;(H,3,4)(H,5,6). The number of amides is 1. The molecule has 1 unspecified atom stereocenters. The van der Waals surface area contributed by atoms with E-state index >= 15 is 0 Å². The number of carboxylic acid groups (broad SMARTS) is 2. The molecule has 0 bridgehead atoms. The zero-order valence-corrected chi connectivity index (χ0v) is 23.2. The minimum Gasteiger partial charge on any atom is -0.493 e.